The van der Waals surface area contributed by atoms with Crippen molar-refractivity contribution in [1.82, 2.24) is 0 Å². The number of benzene rings is 3. The summed E-state index contributed by atoms with van der Waals surface area (Å²) in [5.41, 5.74) is 5.07. The molecule has 0 atom stereocenters. The quantitative estimate of drug-likeness (QED) is 0.437. The van der Waals surface area contributed by atoms with Crippen molar-refractivity contribution in [2.24, 2.45) is 4.99 Å². The summed E-state index contributed by atoms with van der Waals surface area (Å²) < 4.78 is 6.06. The number of hydrogen-bond donors (Lipinski definition) is 1. The van der Waals surface area contributed by atoms with Gasteiger partial charge >= 0.3 is 0 Å². The Labute approximate surface area is 175 Å². The Kier molecular flexibility index (Phi) is 5.48. The van der Waals surface area contributed by atoms with Gasteiger partial charge in [-0.2, -0.15) is 0 Å². The van der Waals surface area contributed by atoms with E-state index in [-0.39, 0.29) is 5.91 Å². The molecule has 3 aromatic carbocycles. The second kappa shape index (κ2) is 8.37. The molecule has 1 heterocycles. The van der Waals surface area contributed by atoms with Crippen molar-refractivity contribution in [2.45, 2.75) is 26.7 Å². The van der Waals surface area contributed by atoms with Gasteiger partial charge in [-0.3, -0.25) is 4.79 Å². The largest absolute Gasteiger partial charge is 0.438 e. The molecule has 1 aromatic heterocycles. The first kappa shape index (κ1) is 19.6. The fourth-order valence-electron chi connectivity index (χ4n) is 3.29. The molecule has 0 saturated carbocycles. The number of rotatable bonds is 4. The normalized spacial score (nSPS) is 11.8. The van der Waals surface area contributed by atoms with E-state index in [0.717, 1.165) is 22.3 Å². The van der Waals surface area contributed by atoms with Gasteiger partial charge in [0.1, 0.15) is 11.1 Å². The highest BCUT2D eigenvalue weighted by Gasteiger charge is 2.14. The summed E-state index contributed by atoms with van der Waals surface area (Å²) in [6, 6.07) is 25.1. The van der Waals surface area contributed by atoms with Crippen molar-refractivity contribution in [3.05, 3.63) is 101 Å². The molecule has 4 nitrogen and oxygen atoms in total. The predicted molar refractivity (Wildman–Crippen MR) is 121 cm³/mol. The summed E-state index contributed by atoms with van der Waals surface area (Å²) in [6.45, 7) is 6.24. The molecule has 1 amide bonds. The van der Waals surface area contributed by atoms with Gasteiger partial charge in [-0.05, 0) is 54.3 Å². The van der Waals surface area contributed by atoms with E-state index in [4.69, 9.17) is 9.41 Å². The van der Waals surface area contributed by atoms with Crippen LogP contribution in [0.15, 0.2) is 88.3 Å². The van der Waals surface area contributed by atoms with Gasteiger partial charge in [-0.25, -0.2) is 4.99 Å². The standard InChI is InChI=1S/C26H24N2O2/c1-17(2)19-11-8-12-21(15-19)27-26-22(16-20-10-5-7-14-24(20)30-26)25(29)28-23-13-6-4-9-18(23)3/h4-17H,1-3H3,(H,28,29). The summed E-state index contributed by atoms with van der Waals surface area (Å²) in [5, 5.41) is 3.84. The first-order valence-electron chi connectivity index (χ1n) is 10.1. The molecule has 4 heteroatoms. The third-order valence-electron chi connectivity index (χ3n) is 5.06. The number of anilines is 1. The smallest absolute Gasteiger partial charge is 0.261 e. The van der Waals surface area contributed by atoms with E-state index in [1.165, 1.54) is 5.56 Å². The van der Waals surface area contributed by atoms with Gasteiger partial charge < -0.3 is 9.73 Å². The summed E-state index contributed by atoms with van der Waals surface area (Å²) in [4.78, 5) is 17.9. The van der Waals surface area contributed by atoms with Crippen LogP contribution in [0.3, 0.4) is 0 Å². The number of carbonyl (C=O) groups excluding carboxylic acids is 1. The van der Waals surface area contributed by atoms with Crippen LogP contribution in [0.1, 0.15) is 41.3 Å². The van der Waals surface area contributed by atoms with Gasteiger partial charge in [0.25, 0.3) is 5.91 Å². The molecule has 0 unspecified atom stereocenters. The number of nitrogens with zero attached hydrogens (tertiary/aromatic N) is 1. The topological polar surface area (TPSA) is 54.6 Å². The van der Waals surface area contributed by atoms with E-state index < -0.39 is 0 Å². The highest BCUT2D eigenvalue weighted by Crippen LogP contribution is 2.21. The zero-order valence-electron chi connectivity index (χ0n) is 17.3. The molecule has 0 aliphatic rings. The predicted octanol–water partition coefficient (Wildman–Crippen LogP) is 6.35. The summed E-state index contributed by atoms with van der Waals surface area (Å²) >= 11 is 0. The van der Waals surface area contributed by atoms with Gasteiger partial charge in [-0.15, -0.1) is 0 Å². The molecule has 0 aliphatic heterocycles. The zero-order chi connectivity index (χ0) is 21.1. The van der Waals surface area contributed by atoms with E-state index in [9.17, 15) is 4.79 Å². The van der Waals surface area contributed by atoms with Crippen LogP contribution in [-0.2, 0) is 0 Å². The monoisotopic (exact) mass is 396 g/mol. The molecule has 0 bridgehead atoms. The number of para-hydroxylation sites is 2. The van der Waals surface area contributed by atoms with Crippen LogP contribution in [-0.4, -0.2) is 5.91 Å². The number of aryl methyl sites for hydroxylation is 1. The molecule has 150 valence electrons. The molecule has 0 aliphatic carbocycles. The Bertz CT molecular complexity index is 1290. The van der Waals surface area contributed by atoms with Crippen molar-refractivity contribution in [3.63, 3.8) is 0 Å². The fourth-order valence-corrected chi connectivity index (χ4v) is 3.29. The maximum atomic E-state index is 13.2. The maximum Gasteiger partial charge on any atom is 0.261 e. The highest BCUT2D eigenvalue weighted by molar-refractivity contribution is 6.05. The molecule has 1 N–H and O–H groups in total. The summed E-state index contributed by atoms with van der Waals surface area (Å²) in [6.07, 6.45) is 0. The Morgan fingerprint density at radius 3 is 2.50 bits per heavy atom. The lowest BCUT2D eigenvalue weighted by atomic mass is 10.0. The molecular formula is C26H24N2O2. The minimum absolute atomic E-state index is 0.252. The maximum absolute atomic E-state index is 13.2. The van der Waals surface area contributed by atoms with Crippen LogP contribution in [0.25, 0.3) is 11.0 Å². The average Bonchev–Trinajstić information content (AvgIpc) is 2.75. The van der Waals surface area contributed by atoms with Crippen LogP contribution >= 0.6 is 0 Å². The second-order valence-corrected chi connectivity index (χ2v) is 7.63. The minimum Gasteiger partial charge on any atom is -0.438 e. The van der Waals surface area contributed by atoms with Crippen LogP contribution in [0.5, 0.6) is 0 Å². The van der Waals surface area contributed by atoms with Crippen molar-refractivity contribution in [1.29, 1.82) is 0 Å². The fraction of sp³-hybridized carbons (Fsp3) is 0.154. The number of nitrogens with one attached hydrogen (secondary N) is 1. The van der Waals surface area contributed by atoms with Crippen molar-refractivity contribution < 1.29 is 9.21 Å². The first-order valence-corrected chi connectivity index (χ1v) is 10.1. The van der Waals surface area contributed by atoms with E-state index in [2.05, 4.69) is 25.2 Å². The molecule has 0 radical (unpaired) electrons. The Balaban J connectivity index is 1.85. The third-order valence-corrected chi connectivity index (χ3v) is 5.06. The number of fused-ring (bicyclic) bond motifs is 1. The summed E-state index contributed by atoms with van der Waals surface area (Å²) in [5.74, 6) is 0.134. The van der Waals surface area contributed by atoms with Gasteiger partial charge in [0.15, 0.2) is 0 Å². The van der Waals surface area contributed by atoms with E-state index in [1.54, 1.807) is 0 Å². The van der Waals surface area contributed by atoms with E-state index in [1.807, 2.05) is 79.7 Å². The number of carbonyl (C=O) groups is 1. The van der Waals surface area contributed by atoms with Crippen LogP contribution in [0.4, 0.5) is 11.4 Å². The van der Waals surface area contributed by atoms with Crippen molar-refractivity contribution >= 4 is 28.3 Å². The number of hydrogen-bond acceptors (Lipinski definition) is 3. The van der Waals surface area contributed by atoms with E-state index in [0.29, 0.717) is 22.6 Å². The van der Waals surface area contributed by atoms with Gasteiger partial charge in [0.2, 0.25) is 5.55 Å². The average molecular weight is 396 g/mol. The van der Waals surface area contributed by atoms with Crippen LogP contribution in [0.2, 0.25) is 0 Å². The second-order valence-electron chi connectivity index (χ2n) is 7.63. The third kappa shape index (κ3) is 4.18. The molecule has 0 saturated heterocycles. The Hall–Kier alpha value is -3.66. The lowest BCUT2D eigenvalue weighted by Gasteiger charge is -2.09. The van der Waals surface area contributed by atoms with Gasteiger partial charge in [-0.1, -0.05) is 62.4 Å². The molecule has 4 rings (SSSR count). The SMILES string of the molecule is Cc1ccccc1NC(=O)c1cc2ccccc2oc1=Nc1cccc(C(C)C)c1. The molecule has 30 heavy (non-hydrogen) atoms. The minimum atomic E-state index is -0.252. The van der Waals surface area contributed by atoms with Gasteiger partial charge in [0, 0.05) is 11.1 Å². The Morgan fingerprint density at radius 2 is 1.70 bits per heavy atom. The zero-order valence-corrected chi connectivity index (χ0v) is 17.3. The van der Waals surface area contributed by atoms with Gasteiger partial charge in [0.05, 0.1) is 5.69 Å². The molecular weight excluding hydrogens is 372 g/mol. The van der Waals surface area contributed by atoms with Crippen LogP contribution in [0, 0.1) is 6.92 Å². The lowest BCUT2D eigenvalue weighted by molar-refractivity contribution is 0.102. The lowest BCUT2D eigenvalue weighted by Crippen LogP contribution is -2.22. The van der Waals surface area contributed by atoms with E-state index >= 15 is 0 Å². The number of amides is 1. The Morgan fingerprint density at radius 1 is 0.933 bits per heavy atom. The first-order chi connectivity index (χ1) is 14.5. The molecule has 0 spiro atoms. The van der Waals surface area contributed by atoms with Crippen molar-refractivity contribution in [3.8, 4) is 0 Å². The highest BCUT2D eigenvalue weighted by atomic mass is 16.3. The van der Waals surface area contributed by atoms with Crippen molar-refractivity contribution in [2.75, 3.05) is 5.32 Å². The van der Waals surface area contributed by atoms with Crippen LogP contribution < -0.4 is 10.9 Å². The molecule has 4 aromatic rings. The summed E-state index contributed by atoms with van der Waals surface area (Å²) in [7, 11) is 0. The molecule has 0 fully saturated rings.